The third-order valence-corrected chi connectivity index (χ3v) is 5.78. The molecule has 1 saturated carbocycles. The van der Waals surface area contributed by atoms with Crippen LogP contribution in [0.1, 0.15) is 44.1 Å². The summed E-state index contributed by atoms with van der Waals surface area (Å²) in [6, 6.07) is 9.66. The molecule has 132 valence electrons. The molecule has 1 amide bonds. The summed E-state index contributed by atoms with van der Waals surface area (Å²) >= 11 is 0. The molecule has 1 aromatic carbocycles. The molecule has 0 atom stereocenters. The highest BCUT2D eigenvalue weighted by molar-refractivity contribution is 5.67. The van der Waals surface area contributed by atoms with E-state index in [2.05, 4.69) is 0 Å². The lowest BCUT2D eigenvalue weighted by Gasteiger charge is -2.47. The molecular weight excluding hydrogens is 309 g/mol. The average Bonchev–Trinajstić information content (AvgIpc) is 2.64. The summed E-state index contributed by atoms with van der Waals surface area (Å²) < 4.78 is 18.3. The van der Waals surface area contributed by atoms with Crippen LogP contribution in [0.25, 0.3) is 0 Å². The number of likely N-dealkylation sites (tertiary alicyclic amines) is 1. The number of aliphatic hydroxyl groups is 1. The molecule has 3 rings (SSSR count). The van der Waals surface area contributed by atoms with Crippen molar-refractivity contribution in [1.29, 1.82) is 0 Å². The van der Waals surface area contributed by atoms with Crippen molar-refractivity contribution in [1.82, 2.24) is 4.90 Å². The number of rotatable bonds is 3. The third-order valence-electron chi connectivity index (χ3n) is 5.78. The van der Waals surface area contributed by atoms with Crippen LogP contribution in [-0.4, -0.2) is 41.5 Å². The topological polar surface area (TPSA) is 49.8 Å². The largest absolute Gasteiger partial charge is 0.445 e. The Morgan fingerprint density at radius 2 is 1.71 bits per heavy atom. The molecule has 1 saturated heterocycles. The van der Waals surface area contributed by atoms with Gasteiger partial charge in [0.1, 0.15) is 13.3 Å². The van der Waals surface area contributed by atoms with Crippen molar-refractivity contribution >= 4 is 6.09 Å². The molecule has 0 radical (unpaired) electrons. The Balaban J connectivity index is 1.46. The number of amides is 1. The predicted molar refractivity (Wildman–Crippen MR) is 89.3 cm³/mol. The molecule has 0 unspecified atom stereocenters. The summed E-state index contributed by atoms with van der Waals surface area (Å²) in [5.74, 6) is 0. The van der Waals surface area contributed by atoms with Gasteiger partial charge in [-0.25, -0.2) is 9.18 Å². The second-order valence-electron chi connectivity index (χ2n) is 7.39. The van der Waals surface area contributed by atoms with Crippen molar-refractivity contribution in [3.05, 3.63) is 35.9 Å². The summed E-state index contributed by atoms with van der Waals surface area (Å²) in [5.41, 5.74) is 0.0336. The second kappa shape index (κ2) is 7.09. The van der Waals surface area contributed by atoms with Crippen LogP contribution in [0.4, 0.5) is 9.18 Å². The van der Waals surface area contributed by atoms with Crippen LogP contribution >= 0.6 is 0 Å². The molecule has 1 heterocycles. The average molecular weight is 335 g/mol. The molecule has 2 aliphatic rings. The molecule has 1 aliphatic heterocycles. The Bertz CT molecular complexity index is 545. The SMILES string of the molecule is O=C(OCc1ccccc1)N1CCC2(CC1)CCC(O)(CF)CC2. The van der Waals surface area contributed by atoms with Gasteiger partial charge >= 0.3 is 6.09 Å². The highest BCUT2D eigenvalue weighted by Gasteiger charge is 2.43. The Kier molecular flexibility index (Phi) is 5.09. The smallest absolute Gasteiger partial charge is 0.410 e. The normalized spacial score (nSPS) is 22.3. The zero-order valence-electron chi connectivity index (χ0n) is 14.0. The Morgan fingerprint density at radius 1 is 1.08 bits per heavy atom. The van der Waals surface area contributed by atoms with Crippen molar-refractivity contribution < 1.29 is 19.0 Å². The fourth-order valence-corrected chi connectivity index (χ4v) is 3.85. The van der Waals surface area contributed by atoms with Crippen molar-refractivity contribution in [2.75, 3.05) is 19.8 Å². The second-order valence-corrected chi connectivity index (χ2v) is 7.39. The van der Waals surface area contributed by atoms with E-state index in [1.165, 1.54) is 0 Å². The lowest BCUT2D eigenvalue weighted by atomic mass is 9.64. The number of benzene rings is 1. The van der Waals surface area contributed by atoms with Gasteiger partial charge < -0.3 is 14.7 Å². The zero-order valence-corrected chi connectivity index (χ0v) is 14.0. The number of hydrogen-bond acceptors (Lipinski definition) is 3. The first-order valence-electron chi connectivity index (χ1n) is 8.78. The van der Waals surface area contributed by atoms with Crippen LogP contribution in [-0.2, 0) is 11.3 Å². The van der Waals surface area contributed by atoms with E-state index in [0.717, 1.165) is 31.2 Å². The highest BCUT2D eigenvalue weighted by atomic mass is 19.1. The summed E-state index contributed by atoms with van der Waals surface area (Å²) in [4.78, 5) is 14.0. The molecular formula is C19H26FNO3. The van der Waals surface area contributed by atoms with E-state index in [1.807, 2.05) is 30.3 Å². The number of hydrogen-bond donors (Lipinski definition) is 1. The van der Waals surface area contributed by atoms with Gasteiger partial charge in [-0.3, -0.25) is 0 Å². The highest BCUT2D eigenvalue weighted by Crippen LogP contribution is 2.47. The molecule has 2 fully saturated rings. The number of halogens is 1. The Morgan fingerprint density at radius 3 is 2.29 bits per heavy atom. The van der Waals surface area contributed by atoms with E-state index in [9.17, 15) is 14.3 Å². The fraction of sp³-hybridized carbons (Fsp3) is 0.632. The van der Waals surface area contributed by atoms with Crippen molar-refractivity contribution in [2.24, 2.45) is 5.41 Å². The van der Waals surface area contributed by atoms with Gasteiger partial charge in [-0.15, -0.1) is 0 Å². The predicted octanol–water partition coefficient (Wildman–Crippen LogP) is 3.68. The van der Waals surface area contributed by atoms with Gasteiger partial charge in [-0.05, 0) is 49.5 Å². The summed E-state index contributed by atoms with van der Waals surface area (Å²) in [5, 5.41) is 10.1. The lowest BCUT2D eigenvalue weighted by molar-refractivity contribution is -0.0636. The van der Waals surface area contributed by atoms with E-state index >= 15 is 0 Å². The van der Waals surface area contributed by atoms with Gasteiger partial charge in [0, 0.05) is 13.1 Å². The van der Waals surface area contributed by atoms with Crippen LogP contribution in [0.15, 0.2) is 30.3 Å². The molecule has 1 aliphatic carbocycles. The first kappa shape index (κ1) is 17.2. The van der Waals surface area contributed by atoms with Gasteiger partial charge in [0.25, 0.3) is 0 Å². The number of carbonyl (C=O) groups excluding carboxylic acids is 1. The quantitative estimate of drug-likeness (QED) is 0.917. The van der Waals surface area contributed by atoms with Gasteiger partial charge in [0.05, 0.1) is 5.60 Å². The first-order chi connectivity index (χ1) is 11.5. The number of alkyl halides is 1. The van der Waals surface area contributed by atoms with E-state index in [4.69, 9.17) is 4.74 Å². The molecule has 4 nitrogen and oxygen atoms in total. The summed E-state index contributed by atoms with van der Waals surface area (Å²) in [6.45, 7) is 1.01. The van der Waals surface area contributed by atoms with Gasteiger partial charge in [0.2, 0.25) is 0 Å². The van der Waals surface area contributed by atoms with Crippen LogP contribution < -0.4 is 0 Å². The number of carbonyl (C=O) groups is 1. The summed E-state index contributed by atoms with van der Waals surface area (Å²) in [7, 11) is 0. The minimum atomic E-state index is -1.11. The lowest BCUT2D eigenvalue weighted by Crippen LogP contribution is -2.47. The minimum Gasteiger partial charge on any atom is -0.445 e. The molecule has 1 aromatic rings. The van der Waals surface area contributed by atoms with Crippen molar-refractivity contribution in [3.8, 4) is 0 Å². The standard InChI is InChI=1S/C19H26FNO3/c20-15-19(23)8-6-18(7-9-19)10-12-21(13-11-18)17(22)24-14-16-4-2-1-3-5-16/h1-5,23H,6-15H2. The monoisotopic (exact) mass is 335 g/mol. The maximum absolute atomic E-state index is 12.9. The van der Waals surface area contributed by atoms with E-state index < -0.39 is 12.3 Å². The Hall–Kier alpha value is -1.62. The molecule has 1 spiro atoms. The van der Waals surface area contributed by atoms with Gasteiger partial charge in [0.15, 0.2) is 0 Å². The number of ether oxygens (including phenoxy) is 1. The first-order valence-corrected chi connectivity index (χ1v) is 8.78. The summed E-state index contributed by atoms with van der Waals surface area (Å²) in [6.07, 6.45) is 4.32. The van der Waals surface area contributed by atoms with Crippen LogP contribution in [0.2, 0.25) is 0 Å². The van der Waals surface area contributed by atoms with Crippen molar-refractivity contribution in [3.63, 3.8) is 0 Å². The minimum absolute atomic E-state index is 0.164. The van der Waals surface area contributed by atoms with Crippen molar-refractivity contribution in [2.45, 2.75) is 50.7 Å². The van der Waals surface area contributed by atoms with Crippen LogP contribution in [0, 0.1) is 5.41 Å². The Labute approximate surface area is 142 Å². The van der Waals surface area contributed by atoms with Gasteiger partial charge in [-0.1, -0.05) is 30.3 Å². The van der Waals surface area contributed by atoms with E-state index in [1.54, 1.807) is 4.90 Å². The number of nitrogens with zero attached hydrogens (tertiary/aromatic N) is 1. The molecule has 1 N–H and O–H groups in total. The fourth-order valence-electron chi connectivity index (χ4n) is 3.85. The maximum Gasteiger partial charge on any atom is 0.410 e. The molecule has 0 bridgehead atoms. The van der Waals surface area contributed by atoms with E-state index in [-0.39, 0.29) is 11.5 Å². The van der Waals surface area contributed by atoms with Crippen LogP contribution in [0.5, 0.6) is 0 Å². The molecule has 5 heteroatoms. The zero-order chi connectivity index (χ0) is 17.0. The van der Waals surface area contributed by atoms with Crippen LogP contribution in [0.3, 0.4) is 0 Å². The third kappa shape index (κ3) is 3.89. The molecule has 0 aromatic heterocycles. The van der Waals surface area contributed by atoms with Gasteiger partial charge in [-0.2, -0.15) is 0 Å². The maximum atomic E-state index is 12.9. The van der Waals surface area contributed by atoms with E-state index in [0.29, 0.717) is 32.5 Å². The molecule has 24 heavy (non-hydrogen) atoms. The number of piperidine rings is 1.